The average Bonchev–Trinajstić information content (AvgIpc) is 3.09. The number of aromatic nitrogens is 3. The van der Waals surface area contributed by atoms with Gasteiger partial charge in [-0.3, -0.25) is 9.78 Å². The summed E-state index contributed by atoms with van der Waals surface area (Å²) in [5.74, 6) is -0.694. The van der Waals surface area contributed by atoms with Crippen LogP contribution in [0.25, 0.3) is 21.9 Å². The average molecular weight is 552 g/mol. The van der Waals surface area contributed by atoms with Gasteiger partial charge in [-0.2, -0.15) is 4.31 Å². The second-order valence-electron chi connectivity index (χ2n) is 9.33. The molecule has 12 heteroatoms. The molecule has 0 saturated carbocycles. The lowest BCUT2D eigenvalue weighted by molar-refractivity contribution is 0.0352. The number of carbonyl (C=O) groups is 1. The number of sulfonamides is 1. The largest absolute Gasteiger partial charge is 0.388 e. The molecule has 38 heavy (non-hydrogen) atoms. The summed E-state index contributed by atoms with van der Waals surface area (Å²) in [6, 6.07) is 11.6. The minimum absolute atomic E-state index is 0.0745. The van der Waals surface area contributed by atoms with Crippen LogP contribution in [0.3, 0.4) is 0 Å². The van der Waals surface area contributed by atoms with Gasteiger partial charge in [-0.25, -0.2) is 18.4 Å². The number of hydrogen-bond acceptors (Lipinski definition) is 8. The number of nitrogens with zero attached hydrogens (tertiary/aromatic N) is 5. The summed E-state index contributed by atoms with van der Waals surface area (Å²) >= 11 is 6.04. The molecule has 2 fully saturated rings. The third-order valence-electron chi connectivity index (χ3n) is 7.14. The number of rotatable bonds is 4. The Morgan fingerprint density at radius 1 is 0.868 bits per heavy atom. The molecule has 4 unspecified atom stereocenters. The highest BCUT2D eigenvalue weighted by Gasteiger charge is 2.56. The number of aliphatic hydroxyl groups is 2. The monoisotopic (exact) mass is 551 g/mol. The number of pyridine rings is 1. The fourth-order valence-electron chi connectivity index (χ4n) is 5.16. The summed E-state index contributed by atoms with van der Waals surface area (Å²) in [6.45, 7) is -0.368. The Kier molecular flexibility index (Phi) is 6.12. The van der Waals surface area contributed by atoms with Crippen molar-refractivity contribution >= 4 is 38.3 Å². The van der Waals surface area contributed by atoms with Crippen LogP contribution >= 0.6 is 11.6 Å². The third kappa shape index (κ3) is 4.12. The number of benzene rings is 2. The molecule has 0 aliphatic carbocycles. The zero-order valence-electron chi connectivity index (χ0n) is 19.8. The Morgan fingerprint density at radius 3 is 2.13 bits per heavy atom. The lowest BCUT2D eigenvalue weighted by Crippen LogP contribution is -2.59. The number of fused-ring (bicyclic) bond motifs is 3. The first-order chi connectivity index (χ1) is 18.2. The number of carbonyl (C=O) groups excluding carboxylic acids is 1. The topological polar surface area (TPSA) is 137 Å². The molecule has 4 heterocycles. The molecule has 4 aromatic rings. The second kappa shape index (κ2) is 9.37. The van der Waals surface area contributed by atoms with Gasteiger partial charge < -0.3 is 15.1 Å². The lowest BCUT2D eigenvalue weighted by atomic mass is 10.1. The second-order valence-corrected chi connectivity index (χ2v) is 11.7. The van der Waals surface area contributed by atoms with Gasteiger partial charge in [0.15, 0.2) is 0 Å². The van der Waals surface area contributed by atoms with Crippen LogP contribution in [0.15, 0.2) is 78.2 Å². The molecular formula is C26H22ClN5O5S. The molecule has 194 valence electrons. The quantitative estimate of drug-likeness (QED) is 0.393. The van der Waals surface area contributed by atoms with E-state index in [2.05, 4.69) is 15.0 Å². The molecule has 2 saturated heterocycles. The summed E-state index contributed by atoms with van der Waals surface area (Å²) in [5, 5.41) is 23.5. The van der Waals surface area contributed by atoms with Gasteiger partial charge in [0.2, 0.25) is 15.8 Å². The molecule has 1 amide bonds. The smallest absolute Gasteiger partial charge is 0.292 e. The molecule has 2 N–H and O–H groups in total. The first kappa shape index (κ1) is 24.8. The van der Waals surface area contributed by atoms with Crippen LogP contribution < -0.4 is 0 Å². The molecule has 6 rings (SSSR count). The van der Waals surface area contributed by atoms with Gasteiger partial charge in [-0.05, 0) is 52.7 Å². The van der Waals surface area contributed by atoms with Crippen molar-refractivity contribution in [2.75, 3.05) is 13.1 Å². The first-order valence-corrected chi connectivity index (χ1v) is 13.7. The van der Waals surface area contributed by atoms with E-state index >= 15 is 0 Å². The third-order valence-corrected chi connectivity index (χ3v) is 9.20. The van der Waals surface area contributed by atoms with E-state index in [-0.39, 0.29) is 23.8 Å². The summed E-state index contributed by atoms with van der Waals surface area (Å²) in [4.78, 5) is 27.1. The molecule has 0 spiro atoms. The maximum absolute atomic E-state index is 13.6. The van der Waals surface area contributed by atoms with Crippen molar-refractivity contribution in [2.24, 2.45) is 0 Å². The number of aliphatic hydroxyl groups excluding tert-OH is 2. The van der Waals surface area contributed by atoms with Crippen molar-refractivity contribution in [3.05, 3.63) is 84.2 Å². The number of hydrogen-bond donors (Lipinski definition) is 2. The highest BCUT2D eigenvalue weighted by molar-refractivity contribution is 7.89. The Bertz CT molecular complexity index is 1620. The van der Waals surface area contributed by atoms with Crippen molar-refractivity contribution in [2.45, 2.75) is 29.2 Å². The van der Waals surface area contributed by atoms with E-state index in [9.17, 15) is 23.4 Å². The Labute approximate surface area is 223 Å². The molecule has 2 aromatic heterocycles. The highest BCUT2D eigenvalue weighted by Crippen LogP contribution is 2.35. The Morgan fingerprint density at radius 2 is 1.47 bits per heavy atom. The molecule has 2 aliphatic rings. The van der Waals surface area contributed by atoms with Crippen LogP contribution in [0.4, 0.5) is 0 Å². The van der Waals surface area contributed by atoms with Crippen molar-refractivity contribution in [3.8, 4) is 11.1 Å². The van der Waals surface area contributed by atoms with Crippen molar-refractivity contribution in [1.29, 1.82) is 0 Å². The predicted octanol–water partition coefficient (Wildman–Crippen LogP) is 1.96. The predicted molar refractivity (Wildman–Crippen MR) is 139 cm³/mol. The molecule has 10 nitrogen and oxygen atoms in total. The molecule has 2 bridgehead atoms. The minimum atomic E-state index is -3.98. The van der Waals surface area contributed by atoms with E-state index < -0.39 is 40.2 Å². The first-order valence-electron chi connectivity index (χ1n) is 11.8. The maximum Gasteiger partial charge on any atom is 0.292 e. The fourth-order valence-corrected chi connectivity index (χ4v) is 6.86. The molecular weight excluding hydrogens is 530 g/mol. The molecule has 0 radical (unpaired) electrons. The van der Waals surface area contributed by atoms with Crippen LogP contribution in [0.2, 0.25) is 5.02 Å². The summed E-state index contributed by atoms with van der Waals surface area (Å²) in [5.41, 5.74) is 1.53. The molecule has 2 aliphatic heterocycles. The van der Waals surface area contributed by atoms with Crippen LogP contribution in [0.1, 0.15) is 10.6 Å². The van der Waals surface area contributed by atoms with Crippen molar-refractivity contribution < 1.29 is 23.4 Å². The van der Waals surface area contributed by atoms with Gasteiger partial charge in [-0.15, -0.1) is 0 Å². The van der Waals surface area contributed by atoms with E-state index in [1.807, 2.05) is 0 Å². The van der Waals surface area contributed by atoms with Gasteiger partial charge in [-0.1, -0.05) is 23.7 Å². The summed E-state index contributed by atoms with van der Waals surface area (Å²) in [7, 11) is -3.98. The van der Waals surface area contributed by atoms with Gasteiger partial charge in [0.05, 0.1) is 17.0 Å². The van der Waals surface area contributed by atoms with Crippen LogP contribution in [-0.4, -0.2) is 86.1 Å². The van der Waals surface area contributed by atoms with Crippen molar-refractivity contribution in [1.82, 2.24) is 24.2 Å². The van der Waals surface area contributed by atoms with Gasteiger partial charge in [0, 0.05) is 48.5 Å². The van der Waals surface area contributed by atoms with Crippen LogP contribution in [0.5, 0.6) is 0 Å². The van der Waals surface area contributed by atoms with E-state index in [0.717, 1.165) is 10.9 Å². The standard InChI is InChI=1S/C26H22ClN5O5S/c27-19-3-1-17-10-20(4-2-16(17)9-19)38(36,37)31-13-21-23(33)24(34)22(14-31)32(21)26(35)25-29-11-18(12-30-25)15-5-7-28-8-6-15/h1-12,21-24,33-34H,13-14H2. The number of amides is 1. The highest BCUT2D eigenvalue weighted by atomic mass is 35.5. The normalized spacial score (nSPS) is 23.6. The Balaban J connectivity index is 1.26. The zero-order valence-corrected chi connectivity index (χ0v) is 21.4. The van der Waals surface area contributed by atoms with E-state index in [0.29, 0.717) is 16.0 Å². The van der Waals surface area contributed by atoms with Gasteiger partial charge in [0.1, 0.15) is 12.2 Å². The number of halogens is 1. The van der Waals surface area contributed by atoms with Gasteiger partial charge >= 0.3 is 0 Å². The summed E-state index contributed by atoms with van der Waals surface area (Å²) in [6.07, 6.45) is 3.65. The summed E-state index contributed by atoms with van der Waals surface area (Å²) < 4.78 is 28.3. The minimum Gasteiger partial charge on any atom is -0.388 e. The van der Waals surface area contributed by atoms with Gasteiger partial charge in [0.25, 0.3) is 5.91 Å². The molecule has 4 atom stereocenters. The van der Waals surface area contributed by atoms with E-state index in [1.54, 1.807) is 54.9 Å². The van der Waals surface area contributed by atoms with E-state index in [4.69, 9.17) is 11.6 Å². The Hall–Kier alpha value is -3.48. The zero-order chi connectivity index (χ0) is 26.6. The van der Waals surface area contributed by atoms with E-state index in [1.165, 1.54) is 27.7 Å². The lowest BCUT2D eigenvalue weighted by Gasteiger charge is -2.40. The van der Waals surface area contributed by atoms with Crippen LogP contribution in [0, 0.1) is 0 Å². The number of piperazine rings is 1. The SMILES string of the molecule is O=C(c1ncc(-c2ccncc2)cn1)N1C2CN(S(=O)(=O)c3ccc4cc(Cl)ccc4c3)CC1C(O)C2O. The fraction of sp³-hybridized carbons (Fsp3) is 0.231. The molecule has 2 aromatic carbocycles. The van der Waals surface area contributed by atoms with Crippen LogP contribution in [-0.2, 0) is 10.0 Å². The van der Waals surface area contributed by atoms with Crippen molar-refractivity contribution in [3.63, 3.8) is 0 Å². The maximum atomic E-state index is 13.6.